The monoisotopic (exact) mass is 331 g/mol. The number of carbonyl (C=O) groups is 1. The first-order chi connectivity index (χ1) is 9.41. The third-order valence-electron chi connectivity index (χ3n) is 3.50. The van der Waals surface area contributed by atoms with Crippen molar-refractivity contribution in [3.63, 3.8) is 0 Å². The lowest BCUT2D eigenvalue weighted by molar-refractivity contribution is -0.120. The van der Waals surface area contributed by atoms with Crippen LogP contribution in [0.15, 0.2) is 53.0 Å². The molecule has 2 rings (SSSR count). The molecule has 0 atom stereocenters. The predicted octanol–water partition coefficient (Wildman–Crippen LogP) is 4.67. The number of hydrogen-bond donors (Lipinski definition) is 1. The Morgan fingerprint density at radius 3 is 2.35 bits per heavy atom. The van der Waals surface area contributed by atoms with Crippen molar-refractivity contribution in [1.29, 1.82) is 0 Å². The van der Waals surface area contributed by atoms with Gasteiger partial charge in [0.1, 0.15) is 0 Å². The maximum atomic E-state index is 12.5. The molecule has 0 aliphatic carbocycles. The summed E-state index contributed by atoms with van der Waals surface area (Å²) in [7, 11) is 0. The van der Waals surface area contributed by atoms with E-state index in [1.807, 2.05) is 69.3 Å². The van der Waals surface area contributed by atoms with E-state index >= 15 is 0 Å². The van der Waals surface area contributed by atoms with Gasteiger partial charge in [-0.3, -0.25) is 4.79 Å². The molecule has 3 heteroatoms. The molecule has 0 spiro atoms. The zero-order valence-electron chi connectivity index (χ0n) is 11.9. The molecule has 1 N–H and O–H groups in total. The quantitative estimate of drug-likeness (QED) is 0.869. The van der Waals surface area contributed by atoms with Crippen LogP contribution in [0.5, 0.6) is 0 Å². The molecular weight excluding hydrogens is 314 g/mol. The Morgan fingerprint density at radius 2 is 1.75 bits per heavy atom. The summed E-state index contributed by atoms with van der Waals surface area (Å²) in [5, 5.41) is 3.02. The molecule has 104 valence electrons. The van der Waals surface area contributed by atoms with Gasteiger partial charge in [0.25, 0.3) is 0 Å². The van der Waals surface area contributed by atoms with Crippen molar-refractivity contribution < 1.29 is 4.79 Å². The van der Waals surface area contributed by atoms with Crippen LogP contribution in [0, 0.1) is 6.92 Å². The molecule has 2 aromatic rings. The van der Waals surface area contributed by atoms with Crippen molar-refractivity contribution in [2.24, 2.45) is 0 Å². The van der Waals surface area contributed by atoms with E-state index in [1.165, 1.54) is 0 Å². The number of halogens is 1. The van der Waals surface area contributed by atoms with Crippen LogP contribution in [0.1, 0.15) is 25.0 Å². The minimum atomic E-state index is -0.569. The molecule has 20 heavy (non-hydrogen) atoms. The number of anilines is 1. The first-order valence-electron chi connectivity index (χ1n) is 6.54. The fraction of sp³-hybridized carbons (Fsp3) is 0.235. The fourth-order valence-corrected chi connectivity index (χ4v) is 2.51. The lowest BCUT2D eigenvalue weighted by Crippen LogP contribution is -2.34. The van der Waals surface area contributed by atoms with Crippen LogP contribution < -0.4 is 5.32 Å². The van der Waals surface area contributed by atoms with Crippen molar-refractivity contribution in [1.82, 2.24) is 0 Å². The Morgan fingerprint density at radius 1 is 1.10 bits per heavy atom. The molecule has 2 nitrogen and oxygen atoms in total. The first kappa shape index (κ1) is 14.8. The molecule has 0 radical (unpaired) electrons. The average molecular weight is 332 g/mol. The van der Waals surface area contributed by atoms with Crippen molar-refractivity contribution >= 4 is 27.5 Å². The summed E-state index contributed by atoms with van der Waals surface area (Å²) in [5.41, 5.74) is 2.33. The van der Waals surface area contributed by atoms with Crippen LogP contribution in [-0.4, -0.2) is 5.91 Å². The molecule has 0 aliphatic rings. The van der Waals surface area contributed by atoms with Crippen LogP contribution in [0.4, 0.5) is 5.69 Å². The Bertz CT molecular complexity index is 620. The molecule has 0 aliphatic heterocycles. The summed E-state index contributed by atoms with van der Waals surface area (Å²) in [4.78, 5) is 12.5. The Hall–Kier alpha value is -1.61. The molecule has 0 aromatic heterocycles. The van der Waals surface area contributed by atoms with Gasteiger partial charge in [0, 0.05) is 10.2 Å². The second kappa shape index (κ2) is 5.80. The number of rotatable bonds is 3. The van der Waals surface area contributed by atoms with Gasteiger partial charge in [0.15, 0.2) is 0 Å². The van der Waals surface area contributed by atoms with Crippen molar-refractivity contribution in [3.05, 3.63) is 64.1 Å². The third kappa shape index (κ3) is 3.10. The largest absolute Gasteiger partial charge is 0.325 e. The van der Waals surface area contributed by atoms with Gasteiger partial charge >= 0.3 is 0 Å². The third-order valence-corrected chi connectivity index (χ3v) is 3.99. The molecule has 0 saturated heterocycles. The van der Waals surface area contributed by atoms with Crippen LogP contribution in [0.25, 0.3) is 0 Å². The Kier molecular flexibility index (Phi) is 4.29. The van der Waals surface area contributed by atoms with Gasteiger partial charge in [-0.2, -0.15) is 0 Å². The molecule has 2 aromatic carbocycles. The van der Waals surface area contributed by atoms with Gasteiger partial charge in [0.05, 0.1) is 5.41 Å². The minimum absolute atomic E-state index is 0.00544. The van der Waals surface area contributed by atoms with E-state index in [0.29, 0.717) is 0 Å². The number of hydrogen-bond acceptors (Lipinski definition) is 1. The molecule has 0 saturated carbocycles. The van der Waals surface area contributed by atoms with Crippen molar-refractivity contribution in [2.45, 2.75) is 26.2 Å². The second-order valence-corrected chi connectivity index (χ2v) is 6.32. The van der Waals surface area contributed by atoms with Gasteiger partial charge in [-0.05, 0) is 50.1 Å². The van der Waals surface area contributed by atoms with Gasteiger partial charge in [-0.25, -0.2) is 0 Å². The molecule has 0 heterocycles. The summed E-state index contributed by atoms with van der Waals surface area (Å²) in [6.45, 7) is 5.85. The molecule has 1 amide bonds. The van der Waals surface area contributed by atoms with Crippen LogP contribution in [-0.2, 0) is 10.2 Å². The highest BCUT2D eigenvalue weighted by Crippen LogP contribution is 2.26. The van der Waals surface area contributed by atoms with E-state index in [0.717, 1.165) is 21.3 Å². The van der Waals surface area contributed by atoms with E-state index in [1.54, 1.807) is 0 Å². The number of aryl methyl sites for hydroxylation is 1. The zero-order valence-corrected chi connectivity index (χ0v) is 13.5. The number of carbonyl (C=O) groups excluding carboxylic acids is 1. The highest BCUT2D eigenvalue weighted by molar-refractivity contribution is 9.10. The SMILES string of the molecule is Cc1cc(Br)ccc1NC(=O)C(C)(C)c1ccccc1. The second-order valence-electron chi connectivity index (χ2n) is 5.40. The lowest BCUT2D eigenvalue weighted by atomic mass is 9.83. The van der Waals surface area contributed by atoms with Crippen LogP contribution in [0.3, 0.4) is 0 Å². The van der Waals surface area contributed by atoms with E-state index in [9.17, 15) is 4.79 Å². The topological polar surface area (TPSA) is 29.1 Å². The van der Waals surface area contributed by atoms with E-state index in [4.69, 9.17) is 0 Å². The fourth-order valence-electron chi connectivity index (χ4n) is 2.03. The van der Waals surface area contributed by atoms with Crippen molar-refractivity contribution in [2.75, 3.05) is 5.32 Å². The van der Waals surface area contributed by atoms with Crippen LogP contribution in [0.2, 0.25) is 0 Å². The lowest BCUT2D eigenvalue weighted by Gasteiger charge is -2.24. The van der Waals surface area contributed by atoms with E-state index in [2.05, 4.69) is 21.2 Å². The maximum Gasteiger partial charge on any atom is 0.234 e. The molecule has 0 unspecified atom stereocenters. The smallest absolute Gasteiger partial charge is 0.234 e. The summed E-state index contributed by atoms with van der Waals surface area (Å²) >= 11 is 3.43. The van der Waals surface area contributed by atoms with Crippen molar-refractivity contribution in [3.8, 4) is 0 Å². The minimum Gasteiger partial charge on any atom is -0.325 e. The maximum absolute atomic E-state index is 12.5. The standard InChI is InChI=1S/C17H18BrNO/c1-12-11-14(18)9-10-15(12)19-16(20)17(2,3)13-7-5-4-6-8-13/h4-11H,1-3H3,(H,19,20). The average Bonchev–Trinajstić information content (AvgIpc) is 2.42. The Labute approximate surface area is 128 Å². The van der Waals surface area contributed by atoms with Gasteiger partial charge < -0.3 is 5.32 Å². The number of nitrogens with one attached hydrogen (secondary N) is 1. The van der Waals surface area contributed by atoms with Crippen LogP contribution >= 0.6 is 15.9 Å². The summed E-state index contributed by atoms with van der Waals surface area (Å²) in [6.07, 6.45) is 0. The van der Waals surface area contributed by atoms with Gasteiger partial charge in [-0.1, -0.05) is 46.3 Å². The summed E-state index contributed by atoms with van der Waals surface area (Å²) in [5.74, 6) is -0.00544. The number of benzene rings is 2. The zero-order chi connectivity index (χ0) is 14.8. The van der Waals surface area contributed by atoms with Gasteiger partial charge in [0.2, 0.25) is 5.91 Å². The molecule has 0 bridgehead atoms. The van der Waals surface area contributed by atoms with E-state index < -0.39 is 5.41 Å². The van der Waals surface area contributed by atoms with Gasteiger partial charge in [-0.15, -0.1) is 0 Å². The number of amides is 1. The summed E-state index contributed by atoms with van der Waals surface area (Å²) in [6, 6.07) is 15.7. The van der Waals surface area contributed by atoms with E-state index in [-0.39, 0.29) is 5.91 Å². The molecule has 0 fully saturated rings. The first-order valence-corrected chi connectivity index (χ1v) is 7.33. The Balaban J connectivity index is 2.23. The summed E-state index contributed by atoms with van der Waals surface area (Å²) < 4.78 is 1.01. The predicted molar refractivity (Wildman–Crippen MR) is 87.0 cm³/mol. The molecular formula is C17H18BrNO. The normalized spacial score (nSPS) is 11.2. The highest BCUT2D eigenvalue weighted by atomic mass is 79.9. The highest BCUT2D eigenvalue weighted by Gasteiger charge is 2.29.